The van der Waals surface area contributed by atoms with Gasteiger partial charge in [0.05, 0.1) is 19.8 Å². The van der Waals surface area contributed by atoms with E-state index in [0.29, 0.717) is 40.7 Å². The Bertz CT molecular complexity index is 895. The summed E-state index contributed by atoms with van der Waals surface area (Å²) in [4.78, 5) is 12.6. The first-order chi connectivity index (χ1) is 12.5. The van der Waals surface area contributed by atoms with E-state index in [4.69, 9.17) is 18.9 Å². The Hall–Kier alpha value is -3.21. The van der Waals surface area contributed by atoms with Crippen LogP contribution in [0.5, 0.6) is 23.0 Å². The fraction of sp³-hybridized carbons (Fsp3) is 0.190. The second kappa shape index (κ2) is 7.35. The molecule has 2 aromatic carbocycles. The molecule has 2 aromatic rings. The molecule has 0 atom stereocenters. The fourth-order valence-corrected chi connectivity index (χ4v) is 2.56. The van der Waals surface area contributed by atoms with Crippen molar-refractivity contribution in [1.29, 1.82) is 0 Å². The molecule has 5 heteroatoms. The Morgan fingerprint density at radius 1 is 1.12 bits per heavy atom. The van der Waals surface area contributed by atoms with Crippen molar-refractivity contribution in [3.8, 4) is 23.0 Å². The topological polar surface area (TPSA) is 54.0 Å². The Balaban J connectivity index is 1.90. The van der Waals surface area contributed by atoms with E-state index in [1.165, 1.54) is 0 Å². The van der Waals surface area contributed by atoms with Crippen molar-refractivity contribution in [2.75, 3.05) is 20.8 Å². The third-order valence-corrected chi connectivity index (χ3v) is 3.85. The van der Waals surface area contributed by atoms with Gasteiger partial charge >= 0.3 is 0 Å². The van der Waals surface area contributed by atoms with Crippen molar-refractivity contribution >= 4 is 11.9 Å². The van der Waals surface area contributed by atoms with Crippen molar-refractivity contribution in [2.24, 2.45) is 0 Å². The number of ether oxygens (including phenoxy) is 4. The molecule has 0 saturated carbocycles. The van der Waals surface area contributed by atoms with Gasteiger partial charge in [0.25, 0.3) is 0 Å². The molecule has 0 aliphatic carbocycles. The molecule has 5 nitrogen and oxygen atoms in total. The quantitative estimate of drug-likeness (QED) is 0.574. The number of methoxy groups -OCH3 is 2. The normalized spacial score (nSPS) is 14.0. The average Bonchev–Trinajstić information content (AvgIpc) is 2.95. The zero-order valence-electron chi connectivity index (χ0n) is 15.0. The monoisotopic (exact) mass is 352 g/mol. The van der Waals surface area contributed by atoms with Crippen LogP contribution in [0.3, 0.4) is 0 Å². The summed E-state index contributed by atoms with van der Waals surface area (Å²) in [5.41, 5.74) is 2.11. The number of carbonyl (C=O) groups is 1. The predicted molar refractivity (Wildman–Crippen MR) is 99.2 cm³/mol. The summed E-state index contributed by atoms with van der Waals surface area (Å²) in [5.74, 6) is 2.43. The first kappa shape index (κ1) is 17.6. The molecule has 26 heavy (non-hydrogen) atoms. The molecular weight excluding hydrogens is 332 g/mol. The van der Waals surface area contributed by atoms with E-state index in [2.05, 4.69) is 6.58 Å². The molecule has 0 spiro atoms. The minimum atomic E-state index is -0.184. The lowest BCUT2D eigenvalue weighted by molar-refractivity contribution is 0.101. The van der Waals surface area contributed by atoms with Crippen LogP contribution in [0.25, 0.3) is 6.08 Å². The van der Waals surface area contributed by atoms with Crippen LogP contribution in [-0.4, -0.2) is 26.6 Å². The lowest BCUT2D eigenvalue weighted by atomic mass is 10.1. The van der Waals surface area contributed by atoms with Gasteiger partial charge in [0.15, 0.2) is 5.76 Å². The highest BCUT2D eigenvalue weighted by molar-refractivity contribution is 6.14. The standard InChI is InChI=1S/C21H20O5/c1-13(2)12-25-16-5-7-17-19(11-16)26-20(21(17)22)10-14-9-15(23-3)6-8-18(14)24-4/h5-11H,1,12H2,2-4H3. The number of benzene rings is 2. The van der Waals surface area contributed by atoms with Gasteiger partial charge in [0.1, 0.15) is 29.6 Å². The molecule has 0 saturated heterocycles. The molecule has 0 N–H and O–H groups in total. The Morgan fingerprint density at radius 3 is 2.58 bits per heavy atom. The minimum Gasteiger partial charge on any atom is -0.497 e. The number of rotatable bonds is 6. The Labute approximate surface area is 152 Å². The van der Waals surface area contributed by atoms with Crippen molar-refractivity contribution in [1.82, 2.24) is 0 Å². The van der Waals surface area contributed by atoms with Crippen LogP contribution in [0, 0.1) is 0 Å². The molecule has 1 aliphatic rings. The van der Waals surface area contributed by atoms with Crippen molar-refractivity contribution in [2.45, 2.75) is 6.92 Å². The maximum atomic E-state index is 12.6. The third kappa shape index (κ3) is 3.57. The van der Waals surface area contributed by atoms with Gasteiger partial charge in [-0.05, 0) is 48.9 Å². The molecule has 0 radical (unpaired) electrons. The summed E-state index contributed by atoms with van der Waals surface area (Å²) in [5, 5.41) is 0. The zero-order valence-corrected chi connectivity index (χ0v) is 15.0. The smallest absolute Gasteiger partial charge is 0.231 e. The van der Waals surface area contributed by atoms with Crippen molar-refractivity contribution in [3.63, 3.8) is 0 Å². The molecule has 3 rings (SSSR count). The molecule has 1 heterocycles. The summed E-state index contributed by atoms with van der Waals surface area (Å²) in [6.45, 7) is 6.10. The molecule has 0 bridgehead atoms. The van der Waals surface area contributed by atoms with E-state index in [1.807, 2.05) is 6.92 Å². The summed E-state index contributed by atoms with van der Waals surface area (Å²) in [6.07, 6.45) is 1.65. The SMILES string of the molecule is C=C(C)COc1ccc2c(c1)OC(=Cc1cc(OC)ccc1OC)C2=O. The van der Waals surface area contributed by atoms with Gasteiger partial charge in [0, 0.05) is 11.6 Å². The van der Waals surface area contributed by atoms with Crippen molar-refractivity contribution in [3.05, 3.63) is 65.4 Å². The lowest BCUT2D eigenvalue weighted by Crippen LogP contribution is -1.99. The van der Waals surface area contributed by atoms with Gasteiger partial charge in [-0.2, -0.15) is 0 Å². The van der Waals surface area contributed by atoms with Crippen LogP contribution in [0.4, 0.5) is 0 Å². The van der Waals surface area contributed by atoms with Crippen LogP contribution in [0.15, 0.2) is 54.3 Å². The van der Waals surface area contributed by atoms with Crippen molar-refractivity contribution < 1.29 is 23.7 Å². The maximum Gasteiger partial charge on any atom is 0.231 e. The van der Waals surface area contributed by atoms with Crippen LogP contribution in [0.1, 0.15) is 22.8 Å². The van der Waals surface area contributed by atoms with Gasteiger partial charge in [-0.1, -0.05) is 6.58 Å². The molecule has 0 amide bonds. The van der Waals surface area contributed by atoms with E-state index in [-0.39, 0.29) is 11.5 Å². The van der Waals surface area contributed by atoms with Gasteiger partial charge in [-0.3, -0.25) is 4.79 Å². The predicted octanol–water partition coefficient (Wildman–Crippen LogP) is 4.27. The lowest BCUT2D eigenvalue weighted by Gasteiger charge is -2.08. The van der Waals surface area contributed by atoms with Crippen LogP contribution >= 0.6 is 0 Å². The average molecular weight is 352 g/mol. The highest BCUT2D eigenvalue weighted by Crippen LogP contribution is 2.36. The number of hydrogen-bond acceptors (Lipinski definition) is 5. The third-order valence-electron chi connectivity index (χ3n) is 3.85. The highest BCUT2D eigenvalue weighted by atomic mass is 16.5. The minimum absolute atomic E-state index is 0.184. The van der Waals surface area contributed by atoms with Gasteiger partial charge < -0.3 is 18.9 Å². The molecule has 0 aromatic heterocycles. The zero-order chi connectivity index (χ0) is 18.7. The molecule has 134 valence electrons. The van der Waals surface area contributed by atoms with E-state index >= 15 is 0 Å². The van der Waals surface area contributed by atoms with Crippen LogP contribution in [0.2, 0.25) is 0 Å². The summed E-state index contributed by atoms with van der Waals surface area (Å²) < 4.78 is 21.9. The largest absolute Gasteiger partial charge is 0.497 e. The number of carbonyl (C=O) groups excluding carboxylic acids is 1. The first-order valence-electron chi connectivity index (χ1n) is 8.09. The van der Waals surface area contributed by atoms with E-state index < -0.39 is 0 Å². The number of Topliss-reactive ketones (excluding diaryl/α,β-unsaturated/α-hetero) is 1. The molecule has 0 fully saturated rings. The summed E-state index contributed by atoms with van der Waals surface area (Å²) >= 11 is 0. The van der Waals surface area contributed by atoms with E-state index in [9.17, 15) is 4.79 Å². The molecular formula is C21H20O5. The Kier molecular flexibility index (Phi) is 4.98. The second-order valence-corrected chi connectivity index (χ2v) is 5.95. The van der Waals surface area contributed by atoms with Crippen LogP contribution < -0.4 is 18.9 Å². The molecule has 0 unspecified atom stereocenters. The summed E-state index contributed by atoms with van der Waals surface area (Å²) in [7, 11) is 3.15. The van der Waals surface area contributed by atoms with Gasteiger partial charge in [-0.25, -0.2) is 0 Å². The maximum absolute atomic E-state index is 12.6. The first-order valence-corrected chi connectivity index (χ1v) is 8.09. The van der Waals surface area contributed by atoms with Gasteiger partial charge in [-0.15, -0.1) is 0 Å². The number of allylic oxidation sites excluding steroid dienone is 1. The number of hydrogen-bond donors (Lipinski definition) is 0. The molecule has 1 aliphatic heterocycles. The van der Waals surface area contributed by atoms with E-state index in [0.717, 1.165) is 5.57 Å². The van der Waals surface area contributed by atoms with E-state index in [1.54, 1.807) is 56.7 Å². The number of ketones is 1. The number of fused-ring (bicyclic) bond motifs is 1. The van der Waals surface area contributed by atoms with Gasteiger partial charge in [0.2, 0.25) is 5.78 Å². The van der Waals surface area contributed by atoms with Crippen LogP contribution in [-0.2, 0) is 0 Å². The fourth-order valence-electron chi connectivity index (χ4n) is 2.56. The Morgan fingerprint density at radius 2 is 1.88 bits per heavy atom. The second-order valence-electron chi connectivity index (χ2n) is 5.95. The summed E-state index contributed by atoms with van der Waals surface area (Å²) in [6, 6.07) is 10.5. The highest BCUT2D eigenvalue weighted by Gasteiger charge is 2.28.